The molecule has 5 nitrogen and oxygen atoms in total. The number of halogens is 1. The lowest BCUT2D eigenvalue weighted by Gasteiger charge is -2.17. The largest absolute Gasteiger partial charge is 0.339 e. The summed E-state index contributed by atoms with van der Waals surface area (Å²) < 4.78 is 28.0. The van der Waals surface area contributed by atoms with Gasteiger partial charge in [-0.3, -0.25) is 9.52 Å². The number of rotatable bonds is 4. The molecule has 3 rings (SSSR count). The number of aryl methyl sites for hydroxylation is 2. The van der Waals surface area contributed by atoms with E-state index in [1.54, 1.807) is 29.2 Å². The Morgan fingerprint density at radius 3 is 2.35 bits per heavy atom. The molecule has 0 aromatic heterocycles. The lowest BCUT2D eigenvalue weighted by molar-refractivity contribution is 0.0792. The van der Waals surface area contributed by atoms with Crippen LogP contribution in [0.1, 0.15) is 34.3 Å². The van der Waals surface area contributed by atoms with Crippen molar-refractivity contribution < 1.29 is 13.2 Å². The van der Waals surface area contributed by atoms with Gasteiger partial charge < -0.3 is 4.90 Å². The number of carbonyl (C=O) groups excluding carboxylic acids is 1. The van der Waals surface area contributed by atoms with Crippen molar-refractivity contribution in [3.05, 3.63) is 58.1 Å². The predicted octanol–water partition coefficient (Wildman–Crippen LogP) is 3.99. The van der Waals surface area contributed by atoms with Crippen molar-refractivity contribution in [2.24, 2.45) is 0 Å². The molecule has 7 heteroatoms. The molecule has 1 amide bonds. The fraction of sp³-hybridized carbons (Fsp3) is 0.316. The van der Waals surface area contributed by atoms with Crippen LogP contribution in [0, 0.1) is 13.8 Å². The first-order valence-electron chi connectivity index (χ1n) is 8.47. The SMILES string of the molecule is Cc1ccc(NS(=O)(=O)c2ccc(C)c(C(=O)N3CCCC3)c2)cc1Cl. The number of amides is 1. The van der Waals surface area contributed by atoms with E-state index in [0.717, 1.165) is 37.1 Å². The van der Waals surface area contributed by atoms with E-state index in [2.05, 4.69) is 4.72 Å². The summed E-state index contributed by atoms with van der Waals surface area (Å²) in [7, 11) is -3.82. The molecule has 0 unspecified atom stereocenters. The monoisotopic (exact) mass is 392 g/mol. The van der Waals surface area contributed by atoms with Crippen LogP contribution in [0.3, 0.4) is 0 Å². The van der Waals surface area contributed by atoms with Gasteiger partial charge in [-0.2, -0.15) is 0 Å². The summed E-state index contributed by atoms with van der Waals surface area (Å²) in [5.74, 6) is -0.115. The van der Waals surface area contributed by atoms with E-state index in [0.29, 0.717) is 16.3 Å². The zero-order chi connectivity index (χ0) is 18.9. The number of benzene rings is 2. The Balaban J connectivity index is 1.91. The van der Waals surface area contributed by atoms with Gasteiger partial charge in [-0.25, -0.2) is 8.42 Å². The van der Waals surface area contributed by atoms with Crippen LogP contribution in [0.15, 0.2) is 41.3 Å². The number of nitrogens with one attached hydrogen (secondary N) is 1. The number of sulfonamides is 1. The quantitative estimate of drug-likeness (QED) is 0.855. The standard InChI is InChI=1S/C19H21ClN2O3S/c1-13-6-8-16(12-17(13)19(23)22-9-3-4-10-22)26(24,25)21-15-7-5-14(2)18(20)11-15/h5-8,11-12,21H,3-4,9-10H2,1-2H3. The van der Waals surface area contributed by atoms with Gasteiger partial charge in [0.05, 0.1) is 10.6 Å². The molecule has 2 aromatic rings. The summed E-state index contributed by atoms with van der Waals surface area (Å²) in [6.45, 7) is 5.09. The van der Waals surface area contributed by atoms with Crippen LogP contribution in [0.4, 0.5) is 5.69 Å². The molecular weight excluding hydrogens is 372 g/mol. The fourth-order valence-corrected chi connectivity index (χ4v) is 4.22. The Morgan fingerprint density at radius 2 is 1.69 bits per heavy atom. The van der Waals surface area contributed by atoms with Gasteiger partial charge in [-0.1, -0.05) is 23.7 Å². The minimum absolute atomic E-state index is 0.0577. The van der Waals surface area contributed by atoms with E-state index in [-0.39, 0.29) is 10.8 Å². The van der Waals surface area contributed by atoms with Gasteiger partial charge in [-0.15, -0.1) is 0 Å². The van der Waals surface area contributed by atoms with Gasteiger partial charge in [0, 0.05) is 23.7 Å². The molecule has 2 aromatic carbocycles. The Kier molecular flexibility index (Phi) is 5.25. The number of anilines is 1. The third-order valence-electron chi connectivity index (χ3n) is 4.57. The molecule has 138 valence electrons. The highest BCUT2D eigenvalue weighted by Crippen LogP contribution is 2.24. The first-order valence-corrected chi connectivity index (χ1v) is 10.3. The zero-order valence-electron chi connectivity index (χ0n) is 14.8. The van der Waals surface area contributed by atoms with Crippen LogP contribution >= 0.6 is 11.6 Å². The molecular formula is C19H21ClN2O3S. The van der Waals surface area contributed by atoms with Crippen molar-refractivity contribution in [2.75, 3.05) is 17.8 Å². The van der Waals surface area contributed by atoms with E-state index < -0.39 is 10.0 Å². The summed E-state index contributed by atoms with van der Waals surface area (Å²) in [4.78, 5) is 14.5. The first-order chi connectivity index (χ1) is 12.3. The molecule has 26 heavy (non-hydrogen) atoms. The van der Waals surface area contributed by atoms with Gasteiger partial charge in [0.25, 0.3) is 15.9 Å². The normalized spacial score (nSPS) is 14.5. The minimum atomic E-state index is -3.82. The number of nitrogens with zero attached hydrogens (tertiary/aromatic N) is 1. The molecule has 0 radical (unpaired) electrons. The molecule has 1 fully saturated rings. The Hall–Kier alpha value is -2.05. The molecule has 0 spiro atoms. The predicted molar refractivity (Wildman–Crippen MR) is 103 cm³/mol. The second-order valence-corrected chi connectivity index (χ2v) is 8.64. The average molecular weight is 393 g/mol. The van der Waals surface area contributed by atoms with Crippen molar-refractivity contribution in [3.8, 4) is 0 Å². The minimum Gasteiger partial charge on any atom is -0.339 e. The van der Waals surface area contributed by atoms with E-state index in [1.165, 1.54) is 12.1 Å². The summed E-state index contributed by atoms with van der Waals surface area (Å²) in [6.07, 6.45) is 1.97. The van der Waals surface area contributed by atoms with Gasteiger partial charge >= 0.3 is 0 Å². The third-order valence-corrected chi connectivity index (χ3v) is 6.35. The fourth-order valence-electron chi connectivity index (χ4n) is 2.96. The molecule has 1 aliphatic rings. The first kappa shape index (κ1) is 18.7. The van der Waals surface area contributed by atoms with E-state index >= 15 is 0 Å². The highest BCUT2D eigenvalue weighted by molar-refractivity contribution is 7.92. The lowest BCUT2D eigenvalue weighted by Crippen LogP contribution is -2.28. The van der Waals surface area contributed by atoms with Crippen molar-refractivity contribution in [1.29, 1.82) is 0 Å². The Labute approximate surface area is 159 Å². The molecule has 0 aliphatic carbocycles. The Morgan fingerprint density at radius 1 is 1.04 bits per heavy atom. The van der Waals surface area contributed by atoms with Crippen LogP contribution in [0.2, 0.25) is 5.02 Å². The van der Waals surface area contributed by atoms with Crippen LogP contribution in [0.5, 0.6) is 0 Å². The number of carbonyl (C=O) groups is 1. The number of hydrogen-bond donors (Lipinski definition) is 1. The summed E-state index contributed by atoms with van der Waals surface area (Å²) in [5.41, 5.74) is 2.44. The molecule has 0 bridgehead atoms. The average Bonchev–Trinajstić information content (AvgIpc) is 3.12. The van der Waals surface area contributed by atoms with Crippen LogP contribution in [-0.4, -0.2) is 32.3 Å². The summed E-state index contributed by atoms with van der Waals surface area (Å²) in [6, 6.07) is 9.60. The van der Waals surface area contributed by atoms with Gasteiger partial charge in [-0.05, 0) is 62.1 Å². The van der Waals surface area contributed by atoms with E-state index in [4.69, 9.17) is 11.6 Å². The van der Waals surface area contributed by atoms with Crippen molar-refractivity contribution in [3.63, 3.8) is 0 Å². The highest BCUT2D eigenvalue weighted by atomic mass is 35.5. The van der Waals surface area contributed by atoms with Gasteiger partial charge in [0.1, 0.15) is 0 Å². The van der Waals surface area contributed by atoms with Crippen LogP contribution in [0.25, 0.3) is 0 Å². The van der Waals surface area contributed by atoms with Gasteiger partial charge in [0.15, 0.2) is 0 Å². The maximum Gasteiger partial charge on any atom is 0.261 e. The molecule has 1 heterocycles. The number of likely N-dealkylation sites (tertiary alicyclic amines) is 1. The smallest absolute Gasteiger partial charge is 0.261 e. The molecule has 0 saturated carbocycles. The lowest BCUT2D eigenvalue weighted by atomic mass is 10.1. The van der Waals surface area contributed by atoms with Gasteiger partial charge in [0.2, 0.25) is 0 Å². The molecule has 1 N–H and O–H groups in total. The van der Waals surface area contributed by atoms with E-state index in [1.807, 2.05) is 13.8 Å². The second-order valence-electron chi connectivity index (χ2n) is 6.55. The van der Waals surface area contributed by atoms with Crippen molar-refractivity contribution in [2.45, 2.75) is 31.6 Å². The molecule has 1 saturated heterocycles. The molecule has 1 aliphatic heterocycles. The third kappa shape index (κ3) is 3.86. The van der Waals surface area contributed by atoms with Crippen LogP contribution < -0.4 is 4.72 Å². The van der Waals surface area contributed by atoms with Crippen LogP contribution in [-0.2, 0) is 10.0 Å². The maximum atomic E-state index is 12.7. The highest BCUT2D eigenvalue weighted by Gasteiger charge is 2.23. The maximum absolute atomic E-state index is 12.7. The van der Waals surface area contributed by atoms with E-state index in [9.17, 15) is 13.2 Å². The zero-order valence-corrected chi connectivity index (χ0v) is 16.3. The van der Waals surface area contributed by atoms with Crippen molar-refractivity contribution >= 4 is 33.2 Å². The molecule has 0 atom stereocenters. The Bertz CT molecular complexity index is 951. The second kappa shape index (κ2) is 7.29. The van der Waals surface area contributed by atoms with Crippen molar-refractivity contribution in [1.82, 2.24) is 4.90 Å². The summed E-state index contributed by atoms with van der Waals surface area (Å²) in [5, 5.41) is 0.485. The summed E-state index contributed by atoms with van der Waals surface area (Å²) >= 11 is 6.06. The topological polar surface area (TPSA) is 66.5 Å². The number of hydrogen-bond acceptors (Lipinski definition) is 3.